The summed E-state index contributed by atoms with van der Waals surface area (Å²) < 4.78 is 2.30. The van der Waals surface area contributed by atoms with Gasteiger partial charge in [0.1, 0.15) is 16.1 Å². The lowest BCUT2D eigenvalue weighted by Gasteiger charge is -2.21. The molecule has 0 N–H and O–H groups in total. The highest BCUT2D eigenvalue weighted by Crippen LogP contribution is 2.42. The Hall–Kier alpha value is -4.11. The van der Waals surface area contributed by atoms with Crippen molar-refractivity contribution in [2.24, 2.45) is 0 Å². The molecule has 0 saturated heterocycles. The highest BCUT2D eigenvalue weighted by molar-refractivity contribution is 7.20. The molecule has 0 spiro atoms. The largest absolute Gasteiger partial charge is 0.138 e. The van der Waals surface area contributed by atoms with Gasteiger partial charge in [-0.1, -0.05) is 141 Å². The lowest BCUT2D eigenvalue weighted by atomic mass is 9.90. The van der Waals surface area contributed by atoms with Crippen molar-refractivity contribution >= 4 is 80.5 Å². The molecule has 3 aromatic carbocycles. The third-order valence-corrected chi connectivity index (χ3v) is 24.3. The first-order chi connectivity index (χ1) is 28.2. The van der Waals surface area contributed by atoms with Crippen molar-refractivity contribution in [3.8, 4) is 71.3 Å². The topological polar surface area (TPSA) is 0 Å². The maximum atomic E-state index is 6.32. The molecule has 298 valence electrons. The third kappa shape index (κ3) is 9.67. The van der Waals surface area contributed by atoms with Gasteiger partial charge in [-0.15, -0.1) is 46.6 Å². The van der Waals surface area contributed by atoms with E-state index in [2.05, 4.69) is 138 Å². The minimum atomic E-state index is -1.80. The minimum absolute atomic E-state index is 0.893. The molecule has 0 aliphatic heterocycles. The van der Waals surface area contributed by atoms with Crippen LogP contribution in [0.5, 0.6) is 0 Å². The summed E-state index contributed by atoms with van der Waals surface area (Å²) in [5, 5.41) is 6.73. The maximum Gasteiger partial charge on any atom is 0.138 e. The number of benzene rings is 3. The maximum absolute atomic E-state index is 6.32. The zero-order valence-electron chi connectivity index (χ0n) is 36.6. The molecule has 5 aromatic rings. The number of unbranched alkanes of at least 4 members (excludes halogenated alkanes) is 8. The highest BCUT2D eigenvalue weighted by Gasteiger charge is 2.27. The van der Waals surface area contributed by atoms with E-state index < -0.39 is 16.1 Å². The van der Waals surface area contributed by atoms with Crippen molar-refractivity contribution in [3.63, 3.8) is 0 Å². The SMILES string of the molecule is C#Cc1c(C#CCCCCCC)sc2cc3c(C#C[Si](CC)(CC)CC)c4cc5c(C#C)c(C#CCCCCCC)sc5cc4c(C#C[Si](CC)(CC)CC)c3cc12. The van der Waals surface area contributed by atoms with E-state index in [1.165, 1.54) is 38.5 Å². The summed E-state index contributed by atoms with van der Waals surface area (Å²) >= 11 is 3.44. The van der Waals surface area contributed by atoms with Gasteiger partial charge in [-0.05, 0) is 84.1 Å². The molecule has 0 aliphatic carbocycles. The molecule has 0 aliphatic rings. The Morgan fingerprint density at radius 3 is 1.12 bits per heavy atom. The summed E-state index contributed by atoms with van der Waals surface area (Å²) in [7, 11) is -3.61. The summed E-state index contributed by atoms with van der Waals surface area (Å²) in [5.74, 6) is 27.9. The van der Waals surface area contributed by atoms with Crippen molar-refractivity contribution in [2.75, 3.05) is 0 Å². The summed E-state index contributed by atoms with van der Waals surface area (Å²) in [6.07, 6.45) is 24.1. The van der Waals surface area contributed by atoms with E-state index in [0.717, 1.165) is 136 Å². The van der Waals surface area contributed by atoms with Gasteiger partial charge in [0.2, 0.25) is 0 Å². The molecule has 0 nitrogen and oxygen atoms in total. The summed E-state index contributed by atoms with van der Waals surface area (Å²) in [6, 6.07) is 16.2. The molecular weight excluding hydrogens is 769 g/mol. The van der Waals surface area contributed by atoms with Gasteiger partial charge in [-0.25, -0.2) is 0 Å². The first-order valence-corrected chi connectivity index (χ1v) is 29.1. The predicted molar refractivity (Wildman–Crippen MR) is 268 cm³/mol. The van der Waals surface area contributed by atoms with Crippen LogP contribution in [0.2, 0.25) is 36.3 Å². The van der Waals surface area contributed by atoms with Gasteiger partial charge >= 0.3 is 0 Å². The van der Waals surface area contributed by atoms with Crippen molar-refractivity contribution in [1.82, 2.24) is 0 Å². The van der Waals surface area contributed by atoms with Crippen LogP contribution in [0.3, 0.4) is 0 Å². The van der Waals surface area contributed by atoms with Gasteiger partial charge in [0.25, 0.3) is 0 Å². The molecule has 0 unspecified atom stereocenters. The second kappa shape index (κ2) is 21.2. The lowest BCUT2D eigenvalue weighted by Crippen LogP contribution is -2.29. The van der Waals surface area contributed by atoms with Gasteiger partial charge < -0.3 is 0 Å². The fourth-order valence-corrected chi connectivity index (χ4v) is 15.1. The zero-order chi connectivity index (χ0) is 41.7. The quantitative estimate of drug-likeness (QED) is 0.0453. The Labute approximate surface area is 361 Å². The van der Waals surface area contributed by atoms with Crippen molar-refractivity contribution in [1.29, 1.82) is 0 Å². The average Bonchev–Trinajstić information content (AvgIpc) is 3.78. The molecule has 0 saturated carbocycles. The molecule has 0 radical (unpaired) electrons. The molecule has 0 amide bonds. The number of terminal acetylenes is 2. The third-order valence-electron chi connectivity index (χ3n) is 12.7. The lowest BCUT2D eigenvalue weighted by molar-refractivity contribution is 0.679. The number of hydrogen-bond acceptors (Lipinski definition) is 2. The molecule has 5 rings (SSSR count). The fraction of sp³-hybridized carbons (Fsp3) is 0.444. The van der Waals surface area contributed by atoms with E-state index in [1.807, 2.05) is 0 Å². The molecule has 0 atom stereocenters. The van der Waals surface area contributed by atoms with Gasteiger partial charge in [0, 0.05) is 54.9 Å². The number of rotatable bonds is 14. The van der Waals surface area contributed by atoms with Crippen molar-refractivity contribution in [2.45, 2.75) is 156 Å². The monoisotopic (exact) mass is 830 g/mol. The zero-order valence-corrected chi connectivity index (χ0v) is 40.2. The van der Waals surface area contributed by atoms with Crippen LogP contribution in [0, 0.1) is 71.3 Å². The van der Waals surface area contributed by atoms with E-state index in [1.54, 1.807) is 22.7 Å². The van der Waals surface area contributed by atoms with E-state index in [4.69, 9.17) is 12.8 Å². The Morgan fingerprint density at radius 1 is 0.431 bits per heavy atom. The van der Waals surface area contributed by atoms with Crippen LogP contribution in [-0.2, 0) is 0 Å². The molecule has 0 bridgehead atoms. The second-order valence-electron chi connectivity index (χ2n) is 15.8. The molecule has 58 heavy (non-hydrogen) atoms. The summed E-state index contributed by atoms with van der Waals surface area (Å²) in [6.45, 7) is 18.5. The van der Waals surface area contributed by atoms with Crippen molar-refractivity contribution in [3.05, 3.63) is 56.3 Å². The normalized spacial score (nSPS) is 11.3. The van der Waals surface area contributed by atoms with Crippen LogP contribution in [0.4, 0.5) is 0 Å². The van der Waals surface area contributed by atoms with Gasteiger partial charge in [0.05, 0.1) is 20.9 Å². The standard InChI is InChI=1S/C54H62S2Si2/c1-11-21-23-25-27-29-31-51-41(13-3)49-37-45-43(33-35-57(15-5,16-6)17-7)48-40-54-50(42(14-4)52(56-54)32-30-28-26-24-22-12-2)38-46(48)44(47(45)39-53(49)55-51)34-36-58(18-8,19-9)20-10/h3-4,37-40H,11-12,15-28H2,1-2,5-10H3. The van der Waals surface area contributed by atoms with E-state index in [-0.39, 0.29) is 0 Å². The van der Waals surface area contributed by atoms with E-state index in [9.17, 15) is 0 Å². The fourth-order valence-electron chi connectivity index (χ4n) is 8.12. The number of fused-ring (bicyclic) bond motifs is 4. The van der Waals surface area contributed by atoms with Crippen LogP contribution in [0.15, 0.2) is 24.3 Å². The molecule has 4 heteroatoms. The molecule has 0 fully saturated rings. The van der Waals surface area contributed by atoms with Crippen LogP contribution in [-0.4, -0.2) is 16.1 Å². The predicted octanol–water partition coefficient (Wildman–Crippen LogP) is 15.8. The first-order valence-electron chi connectivity index (χ1n) is 22.2. The molecule has 2 heterocycles. The number of thiophene rings is 2. The summed E-state index contributed by atoms with van der Waals surface area (Å²) in [5.41, 5.74) is 11.9. The summed E-state index contributed by atoms with van der Waals surface area (Å²) in [4.78, 5) is 1.96. The average molecular weight is 831 g/mol. The van der Waals surface area contributed by atoms with Gasteiger partial charge in [-0.3, -0.25) is 0 Å². The minimum Gasteiger partial charge on any atom is -0.126 e. The van der Waals surface area contributed by atoms with Crippen molar-refractivity contribution < 1.29 is 0 Å². The first kappa shape index (κ1) is 45.0. The van der Waals surface area contributed by atoms with Crippen LogP contribution in [0.25, 0.3) is 41.7 Å². The van der Waals surface area contributed by atoms with Crippen LogP contribution < -0.4 is 0 Å². The van der Waals surface area contributed by atoms with Gasteiger partial charge in [0.15, 0.2) is 0 Å². The van der Waals surface area contributed by atoms with E-state index >= 15 is 0 Å². The Kier molecular flexibility index (Phi) is 16.5. The Bertz CT molecular complexity index is 2410. The van der Waals surface area contributed by atoms with Crippen LogP contribution >= 0.6 is 22.7 Å². The highest BCUT2D eigenvalue weighted by atomic mass is 32.1. The van der Waals surface area contributed by atoms with Gasteiger partial charge in [-0.2, -0.15) is 0 Å². The Morgan fingerprint density at radius 2 is 0.793 bits per heavy atom. The second-order valence-corrected chi connectivity index (χ2v) is 27.8. The van der Waals surface area contributed by atoms with E-state index in [0.29, 0.717) is 0 Å². The number of hydrogen-bond donors (Lipinski definition) is 0. The Balaban J connectivity index is 1.92. The van der Waals surface area contributed by atoms with Crippen LogP contribution in [0.1, 0.15) is 152 Å². The smallest absolute Gasteiger partial charge is 0.126 e. The molecule has 2 aromatic heterocycles. The molecular formula is C54H62S2Si2.